The van der Waals surface area contributed by atoms with Crippen LogP contribution in [0.3, 0.4) is 0 Å². The maximum atomic E-state index is 12.4. The first kappa shape index (κ1) is 20.3. The van der Waals surface area contributed by atoms with Gasteiger partial charge in [0.2, 0.25) is 0 Å². The molecule has 0 bridgehead atoms. The molecule has 1 heterocycles. The first-order chi connectivity index (χ1) is 13.5. The molecule has 0 aliphatic carbocycles. The third kappa shape index (κ3) is 5.09. The van der Waals surface area contributed by atoms with Crippen molar-refractivity contribution in [1.29, 1.82) is 0 Å². The standard InChI is InChI=1S/C20H22Cl2N4O2/c1-2-23-20(28)26-9-7-25(8-10-26)18-5-3-17(4-6-18)24-19(27)14-11-15(21)13-16(22)12-14/h3-6,11-13H,2,7-10H2,1H3,(H,23,28)(H,24,27). The van der Waals surface area contributed by atoms with Crippen LogP contribution >= 0.6 is 23.2 Å². The average Bonchev–Trinajstić information content (AvgIpc) is 2.68. The summed E-state index contributed by atoms with van der Waals surface area (Å²) in [5.74, 6) is -0.271. The summed E-state index contributed by atoms with van der Waals surface area (Å²) in [5, 5.41) is 6.50. The summed E-state index contributed by atoms with van der Waals surface area (Å²) in [6.07, 6.45) is 0. The highest BCUT2D eigenvalue weighted by molar-refractivity contribution is 6.35. The van der Waals surface area contributed by atoms with Gasteiger partial charge in [0.1, 0.15) is 0 Å². The van der Waals surface area contributed by atoms with E-state index in [1.54, 1.807) is 18.2 Å². The highest BCUT2D eigenvalue weighted by Crippen LogP contribution is 2.22. The quantitative estimate of drug-likeness (QED) is 0.782. The lowest BCUT2D eigenvalue weighted by atomic mass is 10.2. The summed E-state index contributed by atoms with van der Waals surface area (Å²) in [5.41, 5.74) is 2.15. The summed E-state index contributed by atoms with van der Waals surface area (Å²) < 4.78 is 0. The topological polar surface area (TPSA) is 64.7 Å². The molecule has 3 rings (SSSR count). The number of carbonyl (C=O) groups is 2. The molecule has 1 aliphatic heterocycles. The van der Waals surface area contributed by atoms with Crippen LogP contribution in [-0.4, -0.2) is 49.6 Å². The van der Waals surface area contributed by atoms with E-state index >= 15 is 0 Å². The van der Waals surface area contributed by atoms with Crippen LogP contribution in [0.4, 0.5) is 16.2 Å². The molecule has 1 aliphatic rings. The Morgan fingerprint density at radius 3 is 2.14 bits per heavy atom. The van der Waals surface area contributed by atoms with Gasteiger partial charge >= 0.3 is 6.03 Å². The number of nitrogens with zero attached hydrogens (tertiary/aromatic N) is 2. The largest absolute Gasteiger partial charge is 0.368 e. The SMILES string of the molecule is CCNC(=O)N1CCN(c2ccc(NC(=O)c3cc(Cl)cc(Cl)c3)cc2)CC1. The molecule has 3 amide bonds. The minimum atomic E-state index is -0.271. The van der Waals surface area contributed by atoms with E-state index < -0.39 is 0 Å². The van der Waals surface area contributed by atoms with Gasteiger partial charge < -0.3 is 20.4 Å². The van der Waals surface area contributed by atoms with Crippen LogP contribution in [0, 0.1) is 0 Å². The van der Waals surface area contributed by atoms with Crippen molar-refractivity contribution < 1.29 is 9.59 Å². The normalized spacial score (nSPS) is 14.0. The fourth-order valence-electron chi connectivity index (χ4n) is 3.07. The van der Waals surface area contributed by atoms with Crippen molar-refractivity contribution in [3.63, 3.8) is 0 Å². The van der Waals surface area contributed by atoms with E-state index in [1.165, 1.54) is 0 Å². The van der Waals surface area contributed by atoms with Gasteiger partial charge in [0.05, 0.1) is 0 Å². The zero-order valence-corrected chi connectivity index (χ0v) is 17.1. The van der Waals surface area contributed by atoms with Gasteiger partial charge in [-0.3, -0.25) is 4.79 Å². The van der Waals surface area contributed by atoms with Crippen molar-refractivity contribution in [3.8, 4) is 0 Å². The van der Waals surface area contributed by atoms with E-state index in [9.17, 15) is 9.59 Å². The zero-order chi connectivity index (χ0) is 20.1. The van der Waals surface area contributed by atoms with E-state index in [0.717, 1.165) is 18.8 Å². The van der Waals surface area contributed by atoms with Crippen molar-refractivity contribution in [2.45, 2.75) is 6.92 Å². The number of carbonyl (C=O) groups excluding carboxylic acids is 2. The summed E-state index contributed by atoms with van der Waals surface area (Å²) >= 11 is 11.9. The van der Waals surface area contributed by atoms with Crippen LogP contribution in [0.5, 0.6) is 0 Å². The summed E-state index contributed by atoms with van der Waals surface area (Å²) in [7, 11) is 0. The van der Waals surface area contributed by atoms with Gasteiger partial charge in [-0.25, -0.2) is 4.79 Å². The van der Waals surface area contributed by atoms with Gasteiger partial charge in [-0.2, -0.15) is 0 Å². The van der Waals surface area contributed by atoms with E-state index in [2.05, 4.69) is 15.5 Å². The molecular formula is C20H22Cl2N4O2. The maximum absolute atomic E-state index is 12.4. The number of hydrogen-bond donors (Lipinski definition) is 2. The summed E-state index contributed by atoms with van der Waals surface area (Å²) in [6, 6.07) is 12.4. The molecule has 0 radical (unpaired) electrons. The van der Waals surface area contributed by atoms with Gasteiger partial charge in [0.15, 0.2) is 0 Å². The Morgan fingerprint density at radius 2 is 1.57 bits per heavy atom. The van der Waals surface area contributed by atoms with Crippen molar-refractivity contribution in [2.24, 2.45) is 0 Å². The molecule has 2 aromatic carbocycles. The molecule has 0 unspecified atom stereocenters. The number of amides is 3. The molecule has 1 fully saturated rings. The lowest BCUT2D eigenvalue weighted by Crippen LogP contribution is -2.51. The van der Waals surface area contributed by atoms with Gasteiger partial charge in [-0.15, -0.1) is 0 Å². The molecule has 1 saturated heterocycles. The minimum absolute atomic E-state index is 0.0127. The number of urea groups is 1. The Bertz CT molecular complexity index is 830. The number of rotatable bonds is 4. The van der Waals surface area contributed by atoms with Gasteiger partial charge in [-0.05, 0) is 49.4 Å². The van der Waals surface area contributed by atoms with Crippen LogP contribution in [0.1, 0.15) is 17.3 Å². The van der Waals surface area contributed by atoms with E-state index in [4.69, 9.17) is 23.2 Å². The smallest absolute Gasteiger partial charge is 0.317 e. The molecule has 6 nitrogen and oxygen atoms in total. The second kappa shape index (κ2) is 9.17. The summed E-state index contributed by atoms with van der Waals surface area (Å²) in [6.45, 7) is 5.44. The number of hydrogen-bond acceptors (Lipinski definition) is 3. The van der Waals surface area contributed by atoms with E-state index in [0.29, 0.717) is 40.9 Å². The third-order valence-corrected chi connectivity index (χ3v) is 4.95. The molecule has 0 spiro atoms. The van der Waals surface area contributed by atoms with Crippen LogP contribution in [0.25, 0.3) is 0 Å². The van der Waals surface area contributed by atoms with E-state index in [1.807, 2.05) is 36.1 Å². The number of anilines is 2. The lowest BCUT2D eigenvalue weighted by Gasteiger charge is -2.36. The van der Waals surface area contributed by atoms with Crippen molar-refractivity contribution in [3.05, 3.63) is 58.1 Å². The highest BCUT2D eigenvalue weighted by Gasteiger charge is 2.20. The Balaban J connectivity index is 1.58. The second-order valence-corrected chi connectivity index (χ2v) is 7.34. The van der Waals surface area contributed by atoms with Crippen molar-refractivity contribution in [1.82, 2.24) is 10.2 Å². The molecule has 2 aromatic rings. The summed E-state index contributed by atoms with van der Waals surface area (Å²) in [4.78, 5) is 28.3. The van der Waals surface area contributed by atoms with Gasteiger partial charge in [-0.1, -0.05) is 23.2 Å². The molecule has 148 valence electrons. The first-order valence-corrected chi connectivity index (χ1v) is 9.87. The van der Waals surface area contributed by atoms with Crippen LogP contribution in [-0.2, 0) is 0 Å². The number of piperazine rings is 1. The average molecular weight is 421 g/mol. The fraction of sp³-hybridized carbons (Fsp3) is 0.300. The van der Waals surface area contributed by atoms with E-state index in [-0.39, 0.29) is 11.9 Å². The zero-order valence-electron chi connectivity index (χ0n) is 15.5. The predicted octanol–water partition coefficient (Wildman–Crippen LogP) is 4.10. The molecule has 0 atom stereocenters. The second-order valence-electron chi connectivity index (χ2n) is 6.47. The molecule has 2 N–H and O–H groups in total. The van der Waals surface area contributed by atoms with Crippen LogP contribution < -0.4 is 15.5 Å². The number of halogens is 2. The first-order valence-electron chi connectivity index (χ1n) is 9.11. The number of nitrogens with one attached hydrogen (secondary N) is 2. The van der Waals surface area contributed by atoms with Crippen molar-refractivity contribution in [2.75, 3.05) is 42.9 Å². The minimum Gasteiger partial charge on any atom is -0.368 e. The number of benzene rings is 2. The van der Waals surface area contributed by atoms with Crippen LogP contribution in [0.15, 0.2) is 42.5 Å². The Kier molecular flexibility index (Phi) is 6.65. The Hall–Kier alpha value is -2.44. The highest BCUT2D eigenvalue weighted by atomic mass is 35.5. The fourth-order valence-corrected chi connectivity index (χ4v) is 3.60. The molecule has 0 saturated carbocycles. The molecule has 8 heteroatoms. The molecule has 0 aromatic heterocycles. The molecule has 28 heavy (non-hydrogen) atoms. The lowest BCUT2D eigenvalue weighted by molar-refractivity contribution is 0.102. The van der Waals surface area contributed by atoms with Crippen molar-refractivity contribution >= 4 is 46.5 Å². The van der Waals surface area contributed by atoms with Gasteiger partial charge in [0, 0.05) is 59.7 Å². The molecular weight excluding hydrogens is 399 g/mol. The Labute approximate surface area is 174 Å². The third-order valence-electron chi connectivity index (χ3n) is 4.51. The maximum Gasteiger partial charge on any atom is 0.317 e. The predicted molar refractivity (Wildman–Crippen MR) is 114 cm³/mol. The Morgan fingerprint density at radius 1 is 0.964 bits per heavy atom. The van der Waals surface area contributed by atoms with Gasteiger partial charge in [0.25, 0.3) is 5.91 Å². The monoisotopic (exact) mass is 420 g/mol. The van der Waals surface area contributed by atoms with Crippen LogP contribution in [0.2, 0.25) is 10.0 Å².